The monoisotopic (exact) mass is 312 g/mol. The van der Waals surface area contributed by atoms with Crippen LogP contribution in [0.3, 0.4) is 0 Å². The standard InChI is InChI=1S/C12H10.C10H22O/c1-3-7-11(8-4-1)12-9-5-2-6-10-12;1-3-5-7-9-11-10-8-6-4-2/h1-10H;3-10H2,1-2H3. The van der Waals surface area contributed by atoms with Gasteiger partial charge in [0.2, 0.25) is 0 Å². The third-order valence-corrected chi connectivity index (χ3v) is 3.67. The van der Waals surface area contributed by atoms with Crippen molar-refractivity contribution in [2.45, 2.75) is 52.4 Å². The molecule has 0 saturated heterocycles. The van der Waals surface area contributed by atoms with Crippen LogP contribution in [0.4, 0.5) is 0 Å². The molecule has 0 atom stereocenters. The molecular formula is C22H32O. The summed E-state index contributed by atoms with van der Waals surface area (Å²) in [5, 5.41) is 0. The van der Waals surface area contributed by atoms with Crippen LogP contribution in [-0.2, 0) is 4.74 Å². The van der Waals surface area contributed by atoms with E-state index in [2.05, 4.69) is 62.4 Å². The molecule has 1 nitrogen and oxygen atoms in total. The molecule has 0 radical (unpaired) electrons. The summed E-state index contributed by atoms with van der Waals surface area (Å²) in [4.78, 5) is 0. The normalized spacial score (nSPS) is 10.0. The third-order valence-electron chi connectivity index (χ3n) is 3.67. The van der Waals surface area contributed by atoms with Gasteiger partial charge in [0.25, 0.3) is 0 Å². The zero-order valence-electron chi connectivity index (χ0n) is 14.8. The van der Waals surface area contributed by atoms with Crippen LogP contribution in [0, 0.1) is 0 Å². The van der Waals surface area contributed by atoms with Gasteiger partial charge in [0.1, 0.15) is 0 Å². The fourth-order valence-electron chi connectivity index (χ4n) is 2.27. The summed E-state index contributed by atoms with van der Waals surface area (Å²) >= 11 is 0. The lowest BCUT2D eigenvalue weighted by Gasteiger charge is -2.01. The van der Waals surface area contributed by atoms with E-state index >= 15 is 0 Å². The summed E-state index contributed by atoms with van der Waals surface area (Å²) in [5.41, 5.74) is 2.55. The van der Waals surface area contributed by atoms with Crippen LogP contribution in [0.2, 0.25) is 0 Å². The van der Waals surface area contributed by atoms with Crippen LogP contribution < -0.4 is 0 Å². The van der Waals surface area contributed by atoms with Gasteiger partial charge in [0.15, 0.2) is 0 Å². The van der Waals surface area contributed by atoms with Gasteiger partial charge >= 0.3 is 0 Å². The second kappa shape index (κ2) is 14.0. The Morgan fingerprint density at radius 1 is 0.565 bits per heavy atom. The first-order valence-corrected chi connectivity index (χ1v) is 9.06. The molecule has 1 heteroatoms. The highest BCUT2D eigenvalue weighted by atomic mass is 16.5. The molecule has 126 valence electrons. The maximum absolute atomic E-state index is 5.44. The zero-order chi connectivity index (χ0) is 16.6. The van der Waals surface area contributed by atoms with Crippen molar-refractivity contribution in [1.29, 1.82) is 0 Å². The Hall–Kier alpha value is -1.60. The van der Waals surface area contributed by atoms with Gasteiger partial charge in [-0.1, -0.05) is 100 Å². The fraction of sp³-hybridized carbons (Fsp3) is 0.455. The lowest BCUT2D eigenvalue weighted by atomic mass is 10.1. The molecule has 0 aliphatic heterocycles. The molecule has 0 N–H and O–H groups in total. The molecule has 0 heterocycles. The number of ether oxygens (including phenoxy) is 1. The second-order valence-corrected chi connectivity index (χ2v) is 5.76. The van der Waals surface area contributed by atoms with Gasteiger partial charge in [-0.2, -0.15) is 0 Å². The molecule has 0 spiro atoms. The number of hydrogen-bond acceptors (Lipinski definition) is 1. The first kappa shape index (κ1) is 19.4. The van der Waals surface area contributed by atoms with Gasteiger partial charge < -0.3 is 4.74 Å². The lowest BCUT2D eigenvalue weighted by Crippen LogP contribution is -1.96. The molecule has 0 amide bonds. The topological polar surface area (TPSA) is 9.23 Å². The van der Waals surface area contributed by atoms with Crippen molar-refractivity contribution < 1.29 is 4.74 Å². The van der Waals surface area contributed by atoms with Gasteiger partial charge in [-0.05, 0) is 24.0 Å². The first-order chi connectivity index (χ1) is 11.4. The van der Waals surface area contributed by atoms with Gasteiger partial charge in [-0.25, -0.2) is 0 Å². The summed E-state index contributed by atoms with van der Waals surface area (Å²) in [6, 6.07) is 20.8. The molecule has 2 rings (SSSR count). The van der Waals surface area contributed by atoms with Gasteiger partial charge in [0.05, 0.1) is 0 Å². The Balaban J connectivity index is 0.000000232. The summed E-state index contributed by atoms with van der Waals surface area (Å²) in [7, 11) is 0. The average Bonchev–Trinajstić information content (AvgIpc) is 2.63. The van der Waals surface area contributed by atoms with E-state index in [0.29, 0.717) is 0 Å². The highest BCUT2D eigenvalue weighted by molar-refractivity contribution is 5.62. The Kier molecular flexibility index (Phi) is 11.9. The van der Waals surface area contributed by atoms with E-state index in [1.807, 2.05) is 12.1 Å². The van der Waals surface area contributed by atoms with Gasteiger partial charge in [0, 0.05) is 13.2 Å². The van der Waals surface area contributed by atoms with E-state index in [0.717, 1.165) is 13.2 Å². The highest BCUT2D eigenvalue weighted by Gasteiger charge is 1.91. The van der Waals surface area contributed by atoms with Crippen LogP contribution in [0.25, 0.3) is 11.1 Å². The summed E-state index contributed by atoms with van der Waals surface area (Å²) < 4.78 is 5.44. The molecule has 0 aliphatic carbocycles. The number of benzene rings is 2. The Bertz CT molecular complexity index is 418. The quantitative estimate of drug-likeness (QED) is 0.466. The summed E-state index contributed by atoms with van der Waals surface area (Å²) in [5.74, 6) is 0. The Morgan fingerprint density at radius 3 is 1.30 bits per heavy atom. The first-order valence-electron chi connectivity index (χ1n) is 9.06. The molecule has 23 heavy (non-hydrogen) atoms. The average molecular weight is 312 g/mol. The predicted octanol–water partition coefficient (Wildman–Crippen LogP) is 6.74. The number of unbranched alkanes of at least 4 members (excludes halogenated alkanes) is 4. The molecular weight excluding hydrogens is 280 g/mol. The Labute approximate surface area is 142 Å². The lowest BCUT2D eigenvalue weighted by molar-refractivity contribution is 0.126. The smallest absolute Gasteiger partial charge is 0.0466 e. The minimum Gasteiger partial charge on any atom is -0.381 e. The highest BCUT2D eigenvalue weighted by Crippen LogP contribution is 2.17. The van der Waals surface area contributed by atoms with Crippen molar-refractivity contribution >= 4 is 0 Å². The van der Waals surface area contributed by atoms with Crippen molar-refractivity contribution in [2.75, 3.05) is 13.2 Å². The molecule has 0 aliphatic rings. The van der Waals surface area contributed by atoms with Crippen molar-refractivity contribution in [3.63, 3.8) is 0 Å². The molecule has 0 fully saturated rings. The second-order valence-electron chi connectivity index (χ2n) is 5.76. The van der Waals surface area contributed by atoms with Crippen LogP contribution >= 0.6 is 0 Å². The van der Waals surface area contributed by atoms with E-state index in [9.17, 15) is 0 Å². The van der Waals surface area contributed by atoms with E-state index in [1.165, 1.54) is 49.7 Å². The predicted molar refractivity (Wildman–Crippen MR) is 102 cm³/mol. The maximum atomic E-state index is 5.44. The van der Waals surface area contributed by atoms with Crippen molar-refractivity contribution in [3.05, 3.63) is 60.7 Å². The minimum absolute atomic E-state index is 0.970. The summed E-state index contributed by atoms with van der Waals surface area (Å²) in [6.45, 7) is 6.38. The van der Waals surface area contributed by atoms with E-state index < -0.39 is 0 Å². The van der Waals surface area contributed by atoms with Crippen molar-refractivity contribution in [2.24, 2.45) is 0 Å². The molecule has 0 aromatic heterocycles. The number of hydrogen-bond donors (Lipinski definition) is 0. The van der Waals surface area contributed by atoms with Gasteiger partial charge in [-0.3, -0.25) is 0 Å². The van der Waals surface area contributed by atoms with Crippen LogP contribution in [-0.4, -0.2) is 13.2 Å². The Morgan fingerprint density at radius 2 is 0.957 bits per heavy atom. The van der Waals surface area contributed by atoms with E-state index in [1.54, 1.807) is 0 Å². The molecule has 0 bridgehead atoms. The summed E-state index contributed by atoms with van der Waals surface area (Å²) in [6.07, 6.45) is 7.68. The van der Waals surface area contributed by atoms with Crippen molar-refractivity contribution in [3.8, 4) is 11.1 Å². The SMILES string of the molecule is CCCCCOCCCCC.c1ccc(-c2ccccc2)cc1. The molecule has 2 aromatic rings. The van der Waals surface area contributed by atoms with E-state index in [-0.39, 0.29) is 0 Å². The van der Waals surface area contributed by atoms with Crippen LogP contribution in [0.15, 0.2) is 60.7 Å². The third kappa shape index (κ3) is 9.91. The van der Waals surface area contributed by atoms with Crippen LogP contribution in [0.5, 0.6) is 0 Å². The molecule has 0 unspecified atom stereocenters. The fourth-order valence-corrected chi connectivity index (χ4v) is 2.27. The van der Waals surface area contributed by atoms with E-state index in [4.69, 9.17) is 4.74 Å². The largest absolute Gasteiger partial charge is 0.381 e. The van der Waals surface area contributed by atoms with Gasteiger partial charge in [-0.15, -0.1) is 0 Å². The molecule has 0 saturated carbocycles. The number of rotatable bonds is 9. The maximum Gasteiger partial charge on any atom is 0.0466 e. The minimum atomic E-state index is 0.970. The van der Waals surface area contributed by atoms with Crippen molar-refractivity contribution in [1.82, 2.24) is 0 Å². The molecule has 2 aromatic carbocycles. The zero-order valence-corrected chi connectivity index (χ0v) is 14.8. The van der Waals surface area contributed by atoms with Crippen LogP contribution in [0.1, 0.15) is 52.4 Å².